The van der Waals surface area contributed by atoms with Gasteiger partial charge in [0.25, 0.3) is 0 Å². The van der Waals surface area contributed by atoms with Crippen LogP contribution in [0.3, 0.4) is 0 Å². The summed E-state index contributed by atoms with van der Waals surface area (Å²) in [5.41, 5.74) is 5.23. The van der Waals surface area contributed by atoms with Crippen molar-refractivity contribution in [2.24, 2.45) is 0 Å². The van der Waals surface area contributed by atoms with E-state index in [1.807, 2.05) is 31.3 Å². The smallest absolute Gasteiger partial charge is 0.152 e. The molecular formula is C43H37ClF4N8O2. The van der Waals surface area contributed by atoms with Crippen molar-refractivity contribution in [3.05, 3.63) is 125 Å². The Morgan fingerprint density at radius 1 is 0.621 bits per heavy atom. The molecule has 1 N–H and O–H groups in total. The van der Waals surface area contributed by atoms with E-state index < -0.39 is 23.3 Å². The molecule has 58 heavy (non-hydrogen) atoms. The molecule has 2 aromatic carbocycles. The van der Waals surface area contributed by atoms with E-state index in [2.05, 4.69) is 35.1 Å². The lowest BCUT2D eigenvalue weighted by atomic mass is 10.0. The van der Waals surface area contributed by atoms with Crippen LogP contribution < -0.4 is 15.1 Å². The van der Waals surface area contributed by atoms with Gasteiger partial charge in [-0.25, -0.2) is 32.5 Å². The summed E-state index contributed by atoms with van der Waals surface area (Å²) in [6, 6.07) is 17.1. The van der Waals surface area contributed by atoms with Crippen LogP contribution >= 0.6 is 11.6 Å². The third kappa shape index (κ3) is 7.70. The van der Waals surface area contributed by atoms with Gasteiger partial charge >= 0.3 is 0 Å². The Kier molecular flexibility index (Phi) is 11.3. The molecule has 0 bridgehead atoms. The molecule has 7 aromatic rings. The minimum atomic E-state index is -0.611. The highest BCUT2D eigenvalue weighted by Crippen LogP contribution is 2.40. The summed E-state index contributed by atoms with van der Waals surface area (Å²) < 4.78 is 69.2. The van der Waals surface area contributed by atoms with Gasteiger partial charge in [0, 0.05) is 44.1 Å². The molecule has 2 aliphatic heterocycles. The van der Waals surface area contributed by atoms with E-state index in [-0.39, 0.29) is 26.8 Å². The van der Waals surface area contributed by atoms with Crippen molar-refractivity contribution in [3.8, 4) is 22.8 Å². The first-order valence-electron chi connectivity index (χ1n) is 18.7. The molecule has 0 saturated carbocycles. The van der Waals surface area contributed by atoms with Gasteiger partial charge in [-0.1, -0.05) is 23.7 Å². The molecule has 15 heteroatoms. The third-order valence-electron chi connectivity index (χ3n) is 10.1. The number of nitrogens with zero attached hydrogens (tertiary/aromatic N) is 7. The number of rotatable bonds is 6. The Morgan fingerprint density at radius 3 is 1.71 bits per heavy atom. The maximum Gasteiger partial charge on any atom is 0.152 e. The summed E-state index contributed by atoms with van der Waals surface area (Å²) in [5, 5.41) is 3.71. The molecule has 0 amide bonds. The van der Waals surface area contributed by atoms with E-state index in [1.54, 1.807) is 43.6 Å². The predicted molar refractivity (Wildman–Crippen MR) is 218 cm³/mol. The van der Waals surface area contributed by atoms with Gasteiger partial charge in [0.05, 0.1) is 88.3 Å². The molecule has 0 spiro atoms. The molecule has 10 nitrogen and oxygen atoms in total. The zero-order valence-corrected chi connectivity index (χ0v) is 32.3. The fraction of sp³-hybridized carbons (Fsp3) is 0.233. The molecule has 0 aliphatic carbocycles. The summed E-state index contributed by atoms with van der Waals surface area (Å²) >= 11 is 6.18. The number of aromatic nitrogens is 5. The van der Waals surface area contributed by atoms with Gasteiger partial charge in [-0.3, -0.25) is 9.97 Å². The van der Waals surface area contributed by atoms with Gasteiger partial charge in [0.2, 0.25) is 0 Å². The molecule has 2 fully saturated rings. The van der Waals surface area contributed by atoms with E-state index in [1.165, 1.54) is 0 Å². The first kappa shape index (κ1) is 38.9. The predicted octanol–water partition coefficient (Wildman–Crippen LogP) is 9.23. The molecule has 5 aromatic heterocycles. The average Bonchev–Trinajstić information content (AvgIpc) is 3.26. The van der Waals surface area contributed by atoms with Crippen LogP contribution in [0, 0.1) is 37.1 Å². The molecule has 0 atom stereocenters. The van der Waals surface area contributed by atoms with Crippen LogP contribution in [0.4, 0.5) is 40.4 Å². The van der Waals surface area contributed by atoms with Crippen LogP contribution in [0.25, 0.3) is 44.6 Å². The number of anilines is 4. The summed E-state index contributed by atoms with van der Waals surface area (Å²) in [4.78, 5) is 26.5. The van der Waals surface area contributed by atoms with E-state index in [0.717, 1.165) is 48.9 Å². The minimum absolute atomic E-state index is 0.00356. The molecule has 0 unspecified atom stereocenters. The zero-order chi connectivity index (χ0) is 40.3. The second-order valence-electron chi connectivity index (χ2n) is 13.7. The van der Waals surface area contributed by atoms with E-state index in [0.29, 0.717) is 84.8 Å². The first-order valence-corrected chi connectivity index (χ1v) is 19.0. The summed E-state index contributed by atoms with van der Waals surface area (Å²) in [6.07, 6.45) is 5.12. The highest BCUT2D eigenvalue weighted by Gasteiger charge is 2.24. The van der Waals surface area contributed by atoms with E-state index in [9.17, 15) is 8.78 Å². The molecule has 296 valence electrons. The van der Waals surface area contributed by atoms with Gasteiger partial charge in [-0.2, -0.15) is 0 Å². The normalized spacial score (nSPS) is 14.4. The van der Waals surface area contributed by atoms with Crippen LogP contribution in [-0.2, 0) is 9.47 Å². The molecule has 2 saturated heterocycles. The van der Waals surface area contributed by atoms with Crippen LogP contribution in [0.2, 0.25) is 5.02 Å². The third-order valence-corrected chi connectivity index (χ3v) is 10.6. The summed E-state index contributed by atoms with van der Waals surface area (Å²) in [7, 11) is 0. The highest BCUT2D eigenvalue weighted by atomic mass is 35.5. The van der Waals surface area contributed by atoms with Crippen molar-refractivity contribution in [3.63, 3.8) is 0 Å². The number of pyridine rings is 5. The van der Waals surface area contributed by atoms with Crippen molar-refractivity contribution in [1.82, 2.24) is 24.9 Å². The second kappa shape index (κ2) is 16.9. The second-order valence-corrected chi connectivity index (χ2v) is 14.1. The topological polar surface area (TPSA) is 101 Å². The minimum Gasteiger partial charge on any atom is -0.378 e. The fourth-order valence-electron chi connectivity index (χ4n) is 7.09. The van der Waals surface area contributed by atoms with Crippen LogP contribution in [-0.4, -0.2) is 77.5 Å². The monoisotopic (exact) mass is 808 g/mol. The van der Waals surface area contributed by atoms with Crippen LogP contribution in [0.5, 0.6) is 0 Å². The number of benzene rings is 2. The van der Waals surface area contributed by atoms with Gasteiger partial charge in [0.15, 0.2) is 5.82 Å². The van der Waals surface area contributed by atoms with Crippen molar-refractivity contribution in [2.75, 3.05) is 67.7 Å². The number of halogens is 5. The average molecular weight is 809 g/mol. The lowest BCUT2D eigenvalue weighted by molar-refractivity contribution is 0.122. The Hall–Kier alpha value is -5.96. The summed E-state index contributed by atoms with van der Waals surface area (Å²) in [6.45, 7) is 8.87. The van der Waals surface area contributed by atoms with Gasteiger partial charge in [0.1, 0.15) is 34.3 Å². The van der Waals surface area contributed by atoms with Crippen molar-refractivity contribution in [1.29, 1.82) is 0 Å². The standard InChI is InChI=1S/C28H28F2N6O2.C15H9ClF2N2/c1-18-25(22-4-2-3-7-31-22)34-27-21(30)6-5-20(29)24(27)26(18)33-23-16-19(35-8-12-37-13-9-35)17-32-28(23)36-10-14-38-15-11-36;1-8-13(16)12-9(17)5-6-10(18)15(12)20-14(8)11-4-2-3-7-19-11/h2-7,16-17H,8-15H2,1H3,(H,33,34);2-7H,1H3. The maximum atomic E-state index is 15.3. The van der Waals surface area contributed by atoms with Gasteiger partial charge in [-0.05, 0) is 74.0 Å². The Morgan fingerprint density at radius 2 is 1.14 bits per heavy atom. The first-order chi connectivity index (χ1) is 28.2. The number of nitrogens with one attached hydrogen (secondary N) is 1. The van der Waals surface area contributed by atoms with E-state index >= 15 is 8.78 Å². The zero-order valence-electron chi connectivity index (χ0n) is 31.6. The fourth-order valence-corrected chi connectivity index (χ4v) is 7.36. The molecule has 0 radical (unpaired) electrons. The van der Waals surface area contributed by atoms with E-state index in [4.69, 9.17) is 26.1 Å². The largest absolute Gasteiger partial charge is 0.378 e. The summed E-state index contributed by atoms with van der Waals surface area (Å²) in [5.74, 6) is -1.63. The van der Waals surface area contributed by atoms with Crippen LogP contribution in [0.1, 0.15) is 11.1 Å². The Balaban J connectivity index is 0.000000197. The van der Waals surface area contributed by atoms with Crippen molar-refractivity contribution >= 4 is 56.3 Å². The van der Waals surface area contributed by atoms with Gasteiger partial charge in [-0.15, -0.1) is 0 Å². The number of fused-ring (bicyclic) bond motifs is 2. The number of ether oxygens (including phenoxy) is 2. The number of hydrogen-bond acceptors (Lipinski definition) is 10. The number of hydrogen-bond donors (Lipinski definition) is 1. The highest BCUT2D eigenvalue weighted by molar-refractivity contribution is 6.36. The Bertz CT molecular complexity index is 2610. The molecular weight excluding hydrogens is 772 g/mol. The SMILES string of the molecule is Cc1c(-c2ccccn2)nc2c(F)ccc(F)c2c1Cl.Cc1c(-c2ccccn2)nc2c(F)ccc(F)c2c1Nc1cc(N2CCOCC2)cnc1N1CCOCC1. The van der Waals surface area contributed by atoms with Crippen molar-refractivity contribution < 1.29 is 27.0 Å². The molecule has 2 aliphatic rings. The maximum absolute atomic E-state index is 15.3. The van der Waals surface area contributed by atoms with Gasteiger partial charge < -0.3 is 24.6 Å². The quantitative estimate of drug-likeness (QED) is 0.164. The number of morpholine rings is 2. The van der Waals surface area contributed by atoms with Crippen LogP contribution in [0.15, 0.2) is 85.3 Å². The van der Waals surface area contributed by atoms with Crippen molar-refractivity contribution in [2.45, 2.75) is 13.8 Å². The lowest BCUT2D eigenvalue weighted by Gasteiger charge is -2.32. The molecule has 9 rings (SSSR count). The lowest BCUT2D eigenvalue weighted by Crippen LogP contribution is -2.38. The Labute approximate surface area is 336 Å². The molecule has 7 heterocycles.